The molecule has 0 spiro atoms. The van der Waals surface area contributed by atoms with Crippen molar-refractivity contribution in [3.63, 3.8) is 0 Å². The highest BCUT2D eigenvalue weighted by Crippen LogP contribution is 2.27. The van der Waals surface area contributed by atoms with Crippen LogP contribution in [0.3, 0.4) is 0 Å². The molecule has 0 aliphatic carbocycles. The van der Waals surface area contributed by atoms with E-state index in [1.54, 1.807) is 0 Å². The molecule has 116 valence electrons. The maximum absolute atomic E-state index is 12.1. The lowest BCUT2D eigenvalue weighted by molar-refractivity contribution is -0.123. The van der Waals surface area contributed by atoms with E-state index in [0.717, 1.165) is 13.0 Å². The van der Waals surface area contributed by atoms with E-state index in [0.29, 0.717) is 18.0 Å². The van der Waals surface area contributed by atoms with Crippen molar-refractivity contribution < 1.29 is 4.79 Å². The van der Waals surface area contributed by atoms with E-state index in [-0.39, 0.29) is 11.9 Å². The third kappa shape index (κ3) is 4.19. The van der Waals surface area contributed by atoms with Crippen molar-refractivity contribution in [2.24, 2.45) is 5.92 Å². The van der Waals surface area contributed by atoms with Gasteiger partial charge in [-0.05, 0) is 45.1 Å². The molecule has 0 aromatic carbocycles. The maximum atomic E-state index is 12.1. The fraction of sp³-hybridized carbons (Fsp3) is 0.938. The highest BCUT2D eigenvalue weighted by atomic mass is 16.2. The van der Waals surface area contributed by atoms with Gasteiger partial charge in [-0.3, -0.25) is 9.69 Å². The third-order valence-corrected chi connectivity index (χ3v) is 4.73. The topological polar surface area (TPSA) is 44.4 Å². The molecule has 2 aliphatic heterocycles. The summed E-state index contributed by atoms with van der Waals surface area (Å²) in [6.45, 7) is 9.61. The highest BCUT2D eigenvalue weighted by Gasteiger charge is 2.36. The van der Waals surface area contributed by atoms with Crippen LogP contribution in [0.5, 0.6) is 0 Å². The zero-order valence-corrected chi connectivity index (χ0v) is 13.3. The average molecular weight is 281 g/mol. The second-order valence-electron chi connectivity index (χ2n) is 6.86. The summed E-state index contributed by atoms with van der Waals surface area (Å²) in [6.07, 6.45) is 6.22. The van der Waals surface area contributed by atoms with Gasteiger partial charge in [0.15, 0.2) is 0 Å². The van der Waals surface area contributed by atoms with Crippen LogP contribution < -0.4 is 10.6 Å². The van der Waals surface area contributed by atoms with E-state index in [1.165, 1.54) is 38.8 Å². The maximum Gasteiger partial charge on any atom is 0.236 e. The quantitative estimate of drug-likeness (QED) is 0.779. The first-order valence-electron chi connectivity index (χ1n) is 8.35. The summed E-state index contributed by atoms with van der Waals surface area (Å²) >= 11 is 0. The first kappa shape index (κ1) is 15.8. The molecule has 2 rings (SSSR count). The number of hydrogen-bond acceptors (Lipinski definition) is 3. The Morgan fingerprint density at radius 3 is 2.75 bits per heavy atom. The van der Waals surface area contributed by atoms with Gasteiger partial charge in [0, 0.05) is 25.2 Å². The Morgan fingerprint density at radius 1 is 1.20 bits per heavy atom. The largest absolute Gasteiger partial charge is 0.355 e. The van der Waals surface area contributed by atoms with Crippen molar-refractivity contribution in [2.45, 2.75) is 71.0 Å². The van der Waals surface area contributed by atoms with E-state index < -0.39 is 0 Å². The van der Waals surface area contributed by atoms with Crippen LogP contribution in [0.25, 0.3) is 0 Å². The zero-order chi connectivity index (χ0) is 14.5. The minimum atomic E-state index is -0.0750. The fourth-order valence-electron chi connectivity index (χ4n) is 3.48. The molecular weight excluding hydrogens is 250 g/mol. The van der Waals surface area contributed by atoms with Crippen molar-refractivity contribution in [1.82, 2.24) is 15.5 Å². The van der Waals surface area contributed by atoms with Crippen LogP contribution in [0.15, 0.2) is 0 Å². The number of fused-ring (bicyclic) bond motifs is 1. The SMILES string of the molecule is CC(C)CCNC(=O)C(C)NC1CCN2CCCCC12. The van der Waals surface area contributed by atoms with Gasteiger partial charge in [-0.2, -0.15) is 0 Å². The molecule has 2 heterocycles. The molecule has 2 aliphatic rings. The first-order chi connectivity index (χ1) is 9.58. The summed E-state index contributed by atoms with van der Waals surface area (Å²) in [5.41, 5.74) is 0. The lowest BCUT2D eigenvalue weighted by Gasteiger charge is -2.33. The normalized spacial score (nSPS) is 28.4. The third-order valence-electron chi connectivity index (χ3n) is 4.73. The molecule has 0 bridgehead atoms. The second-order valence-corrected chi connectivity index (χ2v) is 6.86. The minimum Gasteiger partial charge on any atom is -0.355 e. The average Bonchev–Trinajstić information content (AvgIpc) is 2.81. The summed E-state index contributed by atoms with van der Waals surface area (Å²) in [5.74, 6) is 0.795. The summed E-state index contributed by atoms with van der Waals surface area (Å²) in [4.78, 5) is 14.7. The Hall–Kier alpha value is -0.610. The zero-order valence-electron chi connectivity index (χ0n) is 13.3. The smallest absolute Gasteiger partial charge is 0.236 e. The van der Waals surface area contributed by atoms with E-state index in [4.69, 9.17) is 0 Å². The lowest BCUT2D eigenvalue weighted by atomic mass is 9.98. The Kier molecular flexibility index (Phi) is 5.85. The van der Waals surface area contributed by atoms with Gasteiger partial charge < -0.3 is 10.6 Å². The molecule has 0 saturated carbocycles. The Morgan fingerprint density at radius 2 is 2.00 bits per heavy atom. The fourth-order valence-corrected chi connectivity index (χ4v) is 3.48. The van der Waals surface area contributed by atoms with Crippen LogP contribution in [0.4, 0.5) is 0 Å². The molecule has 4 heteroatoms. The minimum absolute atomic E-state index is 0.0750. The van der Waals surface area contributed by atoms with E-state index in [9.17, 15) is 4.79 Å². The number of rotatable bonds is 6. The Balaban J connectivity index is 1.73. The summed E-state index contributed by atoms with van der Waals surface area (Å²) in [7, 11) is 0. The molecule has 4 nitrogen and oxygen atoms in total. The molecule has 0 aromatic rings. The summed E-state index contributed by atoms with van der Waals surface area (Å²) in [5, 5.41) is 6.61. The van der Waals surface area contributed by atoms with Gasteiger partial charge >= 0.3 is 0 Å². The van der Waals surface area contributed by atoms with Crippen LogP contribution in [-0.4, -0.2) is 48.6 Å². The number of hydrogen-bond donors (Lipinski definition) is 2. The molecule has 2 saturated heterocycles. The summed E-state index contributed by atoms with van der Waals surface area (Å²) < 4.78 is 0. The molecule has 0 radical (unpaired) electrons. The molecule has 2 fully saturated rings. The molecule has 3 unspecified atom stereocenters. The predicted octanol–water partition coefficient (Wildman–Crippen LogP) is 1.75. The van der Waals surface area contributed by atoms with Crippen molar-refractivity contribution in [1.29, 1.82) is 0 Å². The van der Waals surface area contributed by atoms with Crippen molar-refractivity contribution >= 4 is 5.91 Å². The van der Waals surface area contributed by atoms with Gasteiger partial charge in [0.05, 0.1) is 6.04 Å². The number of carbonyl (C=O) groups is 1. The molecule has 2 N–H and O–H groups in total. The van der Waals surface area contributed by atoms with Gasteiger partial charge in [-0.15, -0.1) is 0 Å². The van der Waals surface area contributed by atoms with Crippen molar-refractivity contribution in [2.75, 3.05) is 19.6 Å². The van der Waals surface area contributed by atoms with Crippen LogP contribution in [0.2, 0.25) is 0 Å². The van der Waals surface area contributed by atoms with Crippen molar-refractivity contribution in [3.8, 4) is 0 Å². The molecule has 20 heavy (non-hydrogen) atoms. The van der Waals surface area contributed by atoms with Gasteiger partial charge in [0.25, 0.3) is 0 Å². The van der Waals surface area contributed by atoms with E-state index >= 15 is 0 Å². The molecular formula is C16H31N3O. The summed E-state index contributed by atoms with van der Waals surface area (Å²) in [6, 6.07) is 1.09. The highest BCUT2D eigenvalue weighted by molar-refractivity contribution is 5.81. The number of amides is 1. The Bertz CT molecular complexity index is 319. The van der Waals surface area contributed by atoms with Crippen molar-refractivity contribution in [3.05, 3.63) is 0 Å². The van der Waals surface area contributed by atoms with Gasteiger partial charge in [0.1, 0.15) is 0 Å². The van der Waals surface area contributed by atoms with Crippen LogP contribution in [0, 0.1) is 5.92 Å². The van der Waals surface area contributed by atoms with Crippen LogP contribution >= 0.6 is 0 Å². The Labute approximate surface area is 123 Å². The number of carbonyl (C=O) groups excluding carboxylic acids is 1. The van der Waals surface area contributed by atoms with Gasteiger partial charge in [0.2, 0.25) is 5.91 Å². The van der Waals surface area contributed by atoms with Gasteiger partial charge in [-0.1, -0.05) is 20.3 Å². The monoisotopic (exact) mass is 281 g/mol. The molecule has 0 aromatic heterocycles. The van der Waals surface area contributed by atoms with E-state index in [2.05, 4.69) is 29.4 Å². The first-order valence-corrected chi connectivity index (χ1v) is 8.35. The second kappa shape index (κ2) is 7.41. The predicted molar refractivity (Wildman–Crippen MR) is 82.7 cm³/mol. The van der Waals surface area contributed by atoms with Crippen LogP contribution in [0.1, 0.15) is 52.9 Å². The number of nitrogens with zero attached hydrogens (tertiary/aromatic N) is 1. The van der Waals surface area contributed by atoms with Gasteiger partial charge in [-0.25, -0.2) is 0 Å². The standard InChI is InChI=1S/C16H31N3O/c1-12(2)7-9-17-16(20)13(3)18-14-8-11-19-10-5-4-6-15(14)19/h12-15,18H,4-11H2,1-3H3,(H,17,20). The molecule has 1 amide bonds. The lowest BCUT2D eigenvalue weighted by Crippen LogP contribution is -2.52. The number of nitrogens with one attached hydrogen (secondary N) is 2. The van der Waals surface area contributed by atoms with E-state index in [1.807, 2.05) is 6.92 Å². The number of piperidine rings is 1. The molecule has 3 atom stereocenters. The van der Waals surface area contributed by atoms with Crippen LogP contribution in [-0.2, 0) is 4.79 Å².